The van der Waals surface area contributed by atoms with Crippen molar-refractivity contribution in [1.29, 1.82) is 0 Å². The van der Waals surface area contributed by atoms with Crippen molar-refractivity contribution in [2.75, 3.05) is 4.90 Å². The molecule has 0 saturated heterocycles. The Balaban J connectivity index is 2.03. The van der Waals surface area contributed by atoms with Crippen LogP contribution in [-0.2, 0) is 11.3 Å². The molecular weight excluding hydrogens is 398 g/mol. The molecule has 21 heavy (non-hydrogen) atoms. The smallest absolute Gasteiger partial charge is 0.299 e. The van der Waals surface area contributed by atoms with Crippen molar-refractivity contribution in [3.8, 4) is 0 Å². The standard InChI is InChI=1S/C16H11Br2NO2/c1-9-2-4-10(5-3-9)8-19-14-12(15(20)16(19)21)6-11(17)7-13(14)18/h2-7H,8H2,1H3. The zero-order chi connectivity index (χ0) is 15.1. The molecule has 0 spiro atoms. The quantitative estimate of drug-likeness (QED) is 0.696. The van der Waals surface area contributed by atoms with Crippen LogP contribution in [0.3, 0.4) is 0 Å². The van der Waals surface area contributed by atoms with Crippen LogP contribution in [0.25, 0.3) is 0 Å². The van der Waals surface area contributed by atoms with Crippen LogP contribution in [0.5, 0.6) is 0 Å². The van der Waals surface area contributed by atoms with Gasteiger partial charge in [-0.15, -0.1) is 0 Å². The van der Waals surface area contributed by atoms with Crippen LogP contribution in [0.1, 0.15) is 21.5 Å². The summed E-state index contributed by atoms with van der Waals surface area (Å²) in [6, 6.07) is 11.5. The molecule has 3 nitrogen and oxygen atoms in total. The van der Waals surface area contributed by atoms with Gasteiger partial charge in [0.1, 0.15) is 0 Å². The fourth-order valence-electron chi connectivity index (χ4n) is 2.38. The Labute approximate surface area is 139 Å². The third-order valence-corrected chi connectivity index (χ3v) is 4.51. The first-order chi connectivity index (χ1) is 9.97. The Hall–Kier alpha value is -1.46. The number of carbonyl (C=O) groups is 2. The number of hydrogen-bond acceptors (Lipinski definition) is 2. The first kappa shape index (κ1) is 14.5. The number of rotatable bonds is 2. The van der Waals surface area contributed by atoms with E-state index in [0.717, 1.165) is 20.1 Å². The van der Waals surface area contributed by atoms with Gasteiger partial charge in [0, 0.05) is 8.95 Å². The van der Waals surface area contributed by atoms with Crippen molar-refractivity contribution in [3.05, 3.63) is 62.0 Å². The van der Waals surface area contributed by atoms with Gasteiger partial charge in [0.25, 0.3) is 11.7 Å². The Kier molecular flexibility index (Phi) is 3.71. The van der Waals surface area contributed by atoms with Crippen molar-refractivity contribution < 1.29 is 9.59 Å². The molecule has 106 valence electrons. The zero-order valence-electron chi connectivity index (χ0n) is 11.2. The summed E-state index contributed by atoms with van der Waals surface area (Å²) in [5.74, 6) is -0.941. The van der Waals surface area contributed by atoms with Crippen LogP contribution >= 0.6 is 31.9 Å². The van der Waals surface area contributed by atoms with Crippen molar-refractivity contribution in [1.82, 2.24) is 0 Å². The number of amides is 1. The molecule has 1 aliphatic rings. The lowest BCUT2D eigenvalue weighted by Gasteiger charge is -2.18. The summed E-state index contributed by atoms with van der Waals surface area (Å²) < 4.78 is 1.50. The summed E-state index contributed by atoms with van der Waals surface area (Å²) in [5, 5.41) is 0. The number of benzene rings is 2. The van der Waals surface area contributed by atoms with E-state index >= 15 is 0 Å². The lowest BCUT2D eigenvalue weighted by atomic mass is 10.1. The fraction of sp³-hybridized carbons (Fsp3) is 0.125. The number of Topliss-reactive ketones (excluding diaryl/α,β-unsaturated/α-hetero) is 1. The van der Waals surface area contributed by atoms with Gasteiger partial charge < -0.3 is 0 Å². The largest absolute Gasteiger partial charge is 0.299 e. The predicted molar refractivity (Wildman–Crippen MR) is 88.5 cm³/mol. The van der Waals surface area contributed by atoms with Crippen LogP contribution in [0.4, 0.5) is 5.69 Å². The monoisotopic (exact) mass is 407 g/mol. The van der Waals surface area contributed by atoms with Crippen LogP contribution in [0, 0.1) is 6.92 Å². The second kappa shape index (κ2) is 5.39. The zero-order valence-corrected chi connectivity index (χ0v) is 14.4. The number of nitrogens with zero attached hydrogens (tertiary/aromatic N) is 1. The third-order valence-electron chi connectivity index (χ3n) is 3.44. The normalized spacial score (nSPS) is 13.8. The van der Waals surface area contributed by atoms with Gasteiger partial charge >= 0.3 is 0 Å². The Morgan fingerprint density at radius 3 is 2.38 bits per heavy atom. The molecule has 0 fully saturated rings. The summed E-state index contributed by atoms with van der Waals surface area (Å²) in [4.78, 5) is 25.9. The van der Waals surface area contributed by atoms with E-state index in [1.807, 2.05) is 37.3 Å². The maximum absolute atomic E-state index is 12.2. The molecule has 0 atom stereocenters. The maximum atomic E-state index is 12.2. The topological polar surface area (TPSA) is 37.4 Å². The van der Waals surface area contributed by atoms with E-state index in [9.17, 15) is 9.59 Å². The van der Waals surface area contributed by atoms with Crippen molar-refractivity contribution >= 4 is 49.2 Å². The molecule has 0 saturated carbocycles. The number of halogens is 2. The Bertz CT molecular complexity index is 754. The molecule has 1 aliphatic heterocycles. The molecule has 0 bridgehead atoms. The van der Waals surface area contributed by atoms with Gasteiger partial charge in [-0.05, 0) is 40.5 Å². The van der Waals surface area contributed by atoms with E-state index in [-0.39, 0.29) is 0 Å². The molecule has 0 radical (unpaired) electrons. The maximum Gasteiger partial charge on any atom is 0.299 e. The molecule has 0 aromatic heterocycles. The highest BCUT2D eigenvalue weighted by atomic mass is 79.9. The molecule has 1 heterocycles. The average Bonchev–Trinajstić information content (AvgIpc) is 2.67. The predicted octanol–water partition coefficient (Wildman–Crippen LogP) is 4.25. The summed E-state index contributed by atoms with van der Waals surface area (Å²) in [7, 11) is 0. The highest BCUT2D eigenvalue weighted by Gasteiger charge is 2.37. The molecule has 2 aromatic carbocycles. The van der Waals surface area contributed by atoms with E-state index < -0.39 is 11.7 Å². The van der Waals surface area contributed by atoms with Gasteiger partial charge in [0.2, 0.25) is 0 Å². The third kappa shape index (κ3) is 2.56. The number of anilines is 1. The Morgan fingerprint density at radius 2 is 1.71 bits per heavy atom. The van der Waals surface area contributed by atoms with Crippen LogP contribution in [0.15, 0.2) is 45.3 Å². The molecule has 0 aliphatic carbocycles. The first-order valence-corrected chi connectivity index (χ1v) is 7.97. The minimum atomic E-state index is -0.482. The van der Waals surface area contributed by atoms with Gasteiger partial charge in [-0.3, -0.25) is 14.5 Å². The molecular formula is C16H11Br2NO2. The number of ketones is 1. The summed E-state index contributed by atoms with van der Waals surface area (Å²) >= 11 is 6.79. The Morgan fingerprint density at radius 1 is 1.05 bits per heavy atom. The van der Waals surface area contributed by atoms with Crippen molar-refractivity contribution in [2.45, 2.75) is 13.5 Å². The van der Waals surface area contributed by atoms with Crippen molar-refractivity contribution in [3.63, 3.8) is 0 Å². The molecule has 5 heteroatoms. The molecule has 0 unspecified atom stereocenters. The highest BCUT2D eigenvalue weighted by molar-refractivity contribution is 9.11. The lowest BCUT2D eigenvalue weighted by molar-refractivity contribution is -0.114. The molecule has 2 aromatic rings. The van der Waals surface area contributed by atoms with E-state index in [1.54, 1.807) is 6.07 Å². The summed E-state index contributed by atoms with van der Waals surface area (Å²) in [6.07, 6.45) is 0. The van der Waals surface area contributed by atoms with Crippen LogP contribution in [0.2, 0.25) is 0 Å². The second-order valence-electron chi connectivity index (χ2n) is 4.99. The molecule has 0 N–H and O–H groups in total. The van der Waals surface area contributed by atoms with Gasteiger partial charge in [0.05, 0.1) is 17.8 Å². The minimum Gasteiger partial charge on any atom is -0.299 e. The number of carbonyl (C=O) groups excluding carboxylic acids is 2. The number of aryl methyl sites for hydroxylation is 1. The molecule has 3 rings (SSSR count). The number of hydrogen-bond donors (Lipinski definition) is 0. The van der Waals surface area contributed by atoms with E-state index in [1.165, 1.54) is 4.90 Å². The second-order valence-corrected chi connectivity index (χ2v) is 6.76. The van der Waals surface area contributed by atoms with E-state index in [2.05, 4.69) is 31.9 Å². The van der Waals surface area contributed by atoms with Gasteiger partial charge in [-0.2, -0.15) is 0 Å². The minimum absolute atomic E-state index is 0.387. The number of fused-ring (bicyclic) bond motifs is 1. The average molecular weight is 409 g/mol. The van der Waals surface area contributed by atoms with Crippen LogP contribution < -0.4 is 4.90 Å². The highest BCUT2D eigenvalue weighted by Crippen LogP contribution is 2.39. The molecule has 1 amide bonds. The fourth-order valence-corrected chi connectivity index (χ4v) is 3.82. The summed E-state index contributed by atoms with van der Waals surface area (Å²) in [5.41, 5.74) is 3.24. The summed E-state index contributed by atoms with van der Waals surface area (Å²) in [6.45, 7) is 2.40. The SMILES string of the molecule is Cc1ccc(CN2C(=O)C(=O)c3cc(Br)cc(Br)c32)cc1. The van der Waals surface area contributed by atoms with E-state index in [0.29, 0.717) is 17.8 Å². The first-order valence-electron chi connectivity index (χ1n) is 6.38. The van der Waals surface area contributed by atoms with Gasteiger partial charge in [0.15, 0.2) is 0 Å². The van der Waals surface area contributed by atoms with Crippen LogP contribution in [-0.4, -0.2) is 11.7 Å². The van der Waals surface area contributed by atoms with Crippen molar-refractivity contribution in [2.24, 2.45) is 0 Å². The lowest BCUT2D eigenvalue weighted by Crippen LogP contribution is -2.29. The van der Waals surface area contributed by atoms with E-state index in [4.69, 9.17) is 0 Å². The van der Waals surface area contributed by atoms with Gasteiger partial charge in [-0.1, -0.05) is 45.8 Å². The van der Waals surface area contributed by atoms with Gasteiger partial charge in [-0.25, -0.2) is 0 Å².